The van der Waals surface area contributed by atoms with Crippen LogP contribution in [0.5, 0.6) is 0 Å². The molecule has 0 saturated carbocycles. The van der Waals surface area contributed by atoms with Crippen molar-refractivity contribution in [3.8, 4) is 0 Å². The number of rotatable bonds is 28. The molecule has 0 heterocycles. The van der Waals surface area contributed by atoms with Crippen LogP contribution in [0.2, 0.25) is 0 Å². The molecule has 0 aliphatic rings. The molecule has 0 radical (unpaired) electrons. The van der Waals surface area contributed by atoms with Crippen molar-refractivity contribution in [2.45, 2.75) is 58.3 Å². The second kappa shape index (κ2) is 26.5. The molecule has 0 aliphatic heterocycles. The molecule has 0 aliphatic carbocycles. The minimum absolute atomic E-state index is 0.0956. The standard InChI is InChI=1S/C22H47O10P/c1-2-3-4-5-6-7-8-9-10-26-11-12-27-13-14-28-15-16-29-17-18-30-19-20-31-21-22-32-33(23,24)25/h2-22H2,1H3,(H2,23,24,25). The lowest BCUT2D eigenvalue weighted by Gasteiger charge is -2.08. The van der Waals surface area contributed by atoms with Gasteiger partial charge in [0.15, 0.2) is 0 Å². The highest BCUT2D eigenvalue weighted by Gasteiger charge is 2.12. The Balaban J connectivity index is 3.03. The minimum Gasteiger partial charge on any atom is -0.379 e. The quantitative estimate of drug-likeness (QED) is 0.122. The third kappa shape index (κ3) is 31.9. The van der Waals surface area contributed by atoms with Gasteiger partial charge in [0.05, 0.1) is 79.3 Å². The van der Waals surface area contributed by atoms with Gasteiger partial charge in [-0.3, -0.25) is 4.52 Å². The van der Waals surface area contributed by atoms with Gasteiger partial charge < -0.3 is 38.2 Å². The summed E-state index contributed by atoms with van der Waals surface area (Å²) in [4.78, 5) is 17.0. The molecular formula is C22H47O10P. The SMILES string of the molecule is CCCCCCCCCCOCCOCCOCCOCCOCCOCCOP(=O)(O)O. The summed E-state index contributed by atoms with van der Waals surface area (Å²) in [5, 5.41) is 0. The van der Waals surface area contributed by atoms with Crippen LogP contribution in [0.4, 0.5) is 0 Å². The molecule has 0 aromatic rings. The maximum atomic E-state index is 10.4. The molecule has 33 heavy (non-hydrogen) atoms. The first-order valence-corrected chi connectivity index (χ1v) is 13.8. The Morgan fingerprint density at radius 1 is 0.455 bits per heavy atom. The van der Waals surface area contributed by atoms with Gasteiger partial charge >= 0.3 is 7.82 Å². The predicted octanol–water partition coefficient (Wildman–Crippen LogP) is 3.34. The zero-order valence-electron chi connectivity index (χ0n) is 20.5. The summed E-state index contributed by atoms with van der Waals surface area (Å²) in [6.45, 7) is 7.86. The van der Waals surface area contributed by atoms with Crippen LogP contribution in [0.15, 0.2) is 0 Å². The van der Waals surface area contributed by atoms with E-state index < -0.39 is 7.82 Å². The van der Waals surface area contributed by atoms with Crippen LogP contribution in [0, 0.1) is 0 Å². The first-order chi connectivity index (χ1) is 16.1. The lowest BCUT2D eigenvalue weighted by Crippen LogP contribution is -2.14. The number of phosphoric ester groups is 1. The van der Waals surface area contributed by atoms with E-state index in [-0.39, 0.29) is 13.2 Å². The zero-order valence-corrected chi connectivity index (χ0v) is 21.4. The Hall–Kier alpha value is -0.130. The van der Waals surface area contributed by atoms with Crippen LogP contribution in [0.1, 0.15) is 58.3 Å². The number of phosphoric acid groups is 1. The summed E-state index contributed by atoms with van der Waals surface area (Å²) >= 11 is 0. The van der Waals surface area contributed by atoms with E-state index in [1.54, 1.807) is 0 Å². The molecule has 0 atom stereocenters. The van der Waals surface area contributed by atoms with Crippen molar-refractivity contribution in [1.82, 2.24) is 0 Å². The maximum absolute atomic E-state index is 10.4. The molecule has 200 valence electrons. The molecule has 2 N–H and O–H groups in total. The van der Waals surface area contributed by atoms with Crippen molar-refractivity contribution in [3.63, 3.8) is 0 Å². The van der Waals surface area contributed by atoms with E-state index in [0.29, 0.717) is 66.1 Å². The molecule has 11 heteroatoms. The lowest BCUT2D eigenvalue weighted by molar-refractivity contribution is -0.0182. The Morgan fingerprint density at radius 2 is 0.758 bits per heavy atom. The molecule has 0 amide bonds. The third-order valence-corrected chi connectivity index (χ3v) is 5.01. The van der Waals surface area contributed by atoms with Gasteiger partial charge in [-0.15, -0.1) is 0 Å². The molecule has 0 unspecified atom stereocenters. The average Bonchev–Trinajstić information content (AvgIpc) is 2.78. The molecular weight excluding hydrogens is 455 g/mol. The smallest absolute Gasteiger partial charge is 0.379 e. The number of hydrogen-bond donors (Lipinski definition) is 2. The first kappa shape index (κ1) is 32.9. The van der Waals surface area contributed by atoms with Crippen LogP contribution < -0.4 is 0 Å². The van der Waals surface area contributed by atoms with E-state index >= 15 is 0 Å². The van der Waals surface area contributed by atoms with Crippen molar-refractivity contribution >= 4 is 7.82 Å². The van der Waals surface area contributed by atoms with Crippen molar-refractivity contribution in [2.24, 2.45) is 0 Å². The highest BCUT2D eigenvalue weighted by atomic mass is 31.2. The fraction of sp³-hybridized carbons (Fsp3) is 1.00. The van der Waals surface area contributed by atoms with E-state index in [1.165, 1.54) is 44.9 Å². The topological polar surface area (TPSA) is 122 Å². The van der Waals surface area contributed by atoms with Gasteiger partial charge in [0.2, 0.25) is 0 Å². The van der Waals surface area contributed by atoms with Crippen molar-refractivity contribution in [2.75, 3.05) is 85.9 Å². The molecule has 0 fully saturated rings. The van der Waals surface area contributed by atoms with Crippen molar-refractivity contribution in [3.05, 3.63) is 0 Å². The van der Waals surface area contributed by atoms with Crippen LogP contribution in [0.25, 0.3) is 0 Å². The van der Waals surface area contributed by atoms with Crippen molar-refractivity contribution in [1.29, 1.82) is 0 Å². The number of hydrogen-bond acceptors (Lipinski definition) is 8. The molecule has 0 rings (SSSR count). The van der Waals surface area contributed by atoms with Crippen LogP contribution in [-0.4, -0.2) is 95.7 Å². The van der Waals surface area contributed by atoms with Gasteiger partial charge in [0, 0.05) is 6.61 Å². The molecule has 0 saturated heterocycles. The molecule has 0 aromatic carbocycles. The summed E-state index contributed by atoms with van der Waals surface area (Å²) in [6, 6.07) is 0. The van der Waals surface area contributed by atoms with Gasteiger partial charge in [-0.05, 0) is 6.42 Å². The normalized spacial score (nSPS) is 12.0. The number of ether oxygens (including phenoxy) is 6. The largest absolute Gasteiger partial charge is 0.469 e. The summed E-state index contributed by atoms with van der Waals surface area (Å²) in [5.74, 6) is 0. The Kier molecular flexibility index (Phi) is 26.4. The highest BCUT2D eigenvalue weighted by Crippen LogP contribution is 2.35. The fourth-order valence-electron chi connectivity index (χ4n) is 2.75. The van der Waals surface area contributed by atoms with Gasteiger partial charge in [0.25, 0.3) is 0 Å². The summed E-state index contributed by atoms with van der Waals surface area (Å²) in [7, 11) is -4.42. The van der Waals surface area contributed by atoms with Crippen LogP contribution in [-0.2, 0) is 37.5 Å². The van der Waals surface area contributed by atoms with Crippen molar-refractivity contribution < 1.29 is 47.3 Å². The maximum Gasteiger partial charge on any atom is 0.469 e. The van der Waals surface area contributed by atoms with Crippen LogP contribution in [0.3, 0.4) is 0 Å². The second-order valence-electron chi connectivity index (χ2n) is 7.47. The average molecular weight is 503 g/mol. The zero-order chi connectivity index (χ0) is 24.3. The van der Waals surface area contributed by atoms with Gasteiger partial charge in [-0.1, -0.05) is 51.9 Å². The molecule has 0 spiro atoms. The predicted molar refractivity (Wildman–Crippen MR) is 126 cm³/mol. The molecule has 10 nitrogen and oxygen atoms in total. The van der Waals surface area contributed by atoms with Gasteiger partial charge in [0.1, 0.15) is 0 Å². The number of unbranched alkanes of at least 4 members (excludes halogenated alkanes) is 7. The Morgan fingerprint density at radius 3 is 1.12 bits per heavy atom. The summed E-state index contributed by atoms with van der Waals surface area (Å²) in [6.07, 6.45) is 10.5. The van der Waals surface area contributed by atoms with E-state index in [4.69, 9.17) is 38.2 Å². The molecule has 0 bridgehead atoms. The fourth-order valence-corrected chi connectivity index (χ4v) is 3.07. The van der Waals surface area contributed by atoms with E-state index in [0.717, 1.165) is 13.0 Å². The summed E-state index contributed by atoms with van der Waals surface area (Å²) < 4.78 is 46.9. The minimum atomic E-state index is -4.42. The van der Waals surface area contributed by atoms with E-state index in [9.17, 15) is 4.57 Å². The highest BCUT2D eigenvalue weighted by molar-refractivity contribution is 7.46. The molecule has 0 aromatic heterocycles. The van der Waals surface area contributed by atoms with Gasteiger partial charge in [-0.2, -0.15) is 0 Å². The monoisotopic (exact) mass is 502 g/mol. The first-order valence-electron chi connectivity index (χ1n) is 12.2. The van der Waals surface area contributed by atoms with E-state index in [1.807, 2.05) is 0 Å². The Bertz CT molecular complexity index is 422. The summed E-state index contributed by atoms with van der Waals surface area (Å²) in [5.41, 5.74) is 0. The van der Waals surface area contributed by atoms with Crippen LogP contribution >= 0.6 is 7.82 Å². The van der Waals surface area contributed by atoms with E-state index in [2.05, 4.69) is 11.4 Å². The second-order valence-corrected chi connectivity index (χ2v) is 8.71. The van der Waals surface area contributed by atoms with Gasteiger partial charge in [-0.25, -0.2) is 4.57 Å². The Labute approximate surface area is 199 Å². The third-order valence-electron chi connectivity index (χ3n) is 4.49. The lowest BCUT2D eigenvalue weighted by atomic mass is 10.1.